The highest BCUT2D eigenvalue weighted by molar-refractivity contribution is 7.99. The second kappa shape index (κ2) is 7.16. The third kappa shape index (κ3) is 4.64. The molecule has 0 radical (unpaired) electrons. The Balaban J connectivity index is 2.36. The van der Waals surface area contributed by atoms with Crippen LogP contribution < -0.4 is 5.69 Å². The van der Waals surface area contributed by atoms with Crippen molar-refractivity contribution >= 4 is 17.7 Å². The Morgan fingerprint density at radius 1 is 1.53 bits per heavy atom. The van der Waals surface area contributed by atoms with Crippen molar-refractivity contribution in [2.24, 2.45) is 0 Å². The van der Waals surface area contributed by atoms with E-state index in [9.17, 15) is 9.59 Å². The van der Waals surface area contributed by atoms with Crippen molar-refractivity contribution in [2.75, 3.05) is 5.75 Å². The first-order chi connectivity index (χ1) is 8.15. The quantitative estimate of drug-likeness (QED) is 0.543. The van der Waals surface area contributed by atoms with E-state index in [4.69, 9.17) is 5.11 Å². The van der Waals surface area contributed by atoms with Gasteiger partial charge in [0, 0.05) is 18.7 Å². The largest absolute Gasteiger partial charge is 0.481 e. The molecular weight excluding hydrogens is 242 g/mol. The molecule has 0 aliphatic rings. The number of hydrogen-bond donors (Lipinski definition) is 2. The average molecular weight is 259 g/mol. The lowest BCUT2D eigenvalue weighted by Crippen LogP contribution is -2.17. The molecule has 0 bridgehead atoms. The maximum absolute atomic E-state index is 11.4. The lowest BCUT2D eigenvalue weighted by atomic mass is 10.3. The van der Waals surface area contributed by atoms with Crippen LogP contribution in [0.2, 0.25) is 0 Å². The Bertz CT molecular complexity index is 413. The number of rotatable bonds is 8. The zero-order chi connectivity index (χ0) is 12.7. The van der Waals surface area contributed by atoms with Gasteiger partial charge < -0.3 is 5.11 Å². The highest BCUT2D eigenvalue weighted by Crippen LogP contribution is 2.15. The van der Waals surface area contributed by atoms with Crippen LogP contribution in [0.25, 0.3) is 0 Å². The fraction of sp³-hybridized carbons (Fsp3) is 0.700. The number of hydrogen-bond acceptors (Lipinski definition) is 4. The van der Waals surface area contributed by atoms with Crippen molar-refractivity contribution in [2.45, 2.75) is 44.3 Å². The average Bonchev–Trinajstić information content (AvgIpc) is 2.61. The summed E-state index contributed by atoms with van der Waals surface area (Å²) in [4.78, 5) is 21.7. The summed E-state index contributed by atoms with van der Waals surface area (Å²) >= 11 is 1.49. The first kappa shape index (κ1) is 13.8. The molecule has 0 aliphatic carbocycles. The van der Waals surface area contributed by atoms with E-state index in [0.29, 0.717) is 18.1 Å². The van der Waals surface area contributed by atoms with Crippen LogP contribution in [-0.2, 0) is 11.3 Å². The van der Waals surface area contributed by atoms with E-state index in [-0.39, 0.29) is 12.1 Å². The molecule has 0 spiro atoms. The minimum Gasteiger partial charge on any atom is -0.481 e. The van der Waals surface area contributed by atoms with E-state index in [1.807, 2.05) is 6.92 Å². The topological polar surface area (TPSA) is 88.0 Å². The van der Waals surface area contributed by atoms with Gasteiger partial charge in [0.2, 0.25) is 0 Å². The smallest absolute Gasteiger partial charge is 0.343 e. The predicted molar refractivity (Wildman–Crippen MR) is 65.3 cm³/mol. The van der Waals surface area contributed by atoms with Crippen LogP contribution in [0.1, 0.15) is 32.6 Å². The Labute approximate surface area is 103 Å². The highest BCUT2D eigenvalue weighted by atomic mass is 32.2. The standard InChI is InChI=1S/C10H17N3O3S/c1-2-6-13-9(16)11-12-10(13)17-7-4-3-5-8(14)15/h2-7H2,1H3,(H,11,16)(H,14,15). The monoisotopic (exact) mass is 259 g/mol. The van der Waals surface area contributed by atoms with Crippen LogP contribution >= 0.6 is 11.8 Å². The number of carboxylic acid groups (broad SMARTS) is 1. The Hall–Kier alpha value is -1.24. The molecule has 1 heterocycles. The first-order valence-electron chi connectivity index (χ1n) is 5.65. The molecule has 0 aromatic carbocycles. The van der Waals surface area contributed by atoms with Gasteiger partial charge in [-0.25, -0.2) is 9.89 Å². The van der Waals surface area contributed by atoms with Crippen LogP contribution in [0.15, 0.2) is 9.95 Å². The van der Waals surface area contributed by atoms with Gasteiger partial charge in [0.05, 0.1) is 0 Å². The van der Waals surface area contributed by atoms with Gasteiger partial charge in [0.1, 0.15) is 0 Å². The van der Waals surface area contributed by atoms with E-state index >= 15 is 0 Å². The molecule has 1 rings (SSSR count). The van der Waals surface area contributed by atoms with Gasteiger partial charge >= 0.3 is 11.7 Å². The Morgan fingerprint density at radius 3 is 2.94 bits per heavy atom. The molecule has 0 unspecified atom stereocenters. The molecule has 0 amide bonds. The van der Waals surface area contributed by atoms with Crippen molar-refractivity contribution in [3.8, 4) is 0 Å². The number of carbonyl (C=O) groups is 1. The van der Waals surface area contributed by atoms with Gasteiger partial charge in [-0.05, 0) is 19.3 Å². The number of unbranched alkanes of at least 4 members (excludes halogenated alkanes) is 1. The van der Waals surface area contributed by atoms with Crippen LogP contribution in [0.4, 0.5) is 0 Å². The molecule has 0 atom stereocenters. The van der Waals surface area contributed by atoms with Crippen molar-refractivity contribution in [3.63, 3.8) is 0 Å². The molecule has 0 saturated carbocycles. The zero-order valence-electron chi connectivity index (χ0n) is 9.81. The second-order valence-corrected chi connectivity index (χ2v) is 4.72. The minimum atomic E-state index is -0.766. The number of nitrogens with zero attached hydrogens (tertiary/aromatic N) is 2. The molecule has 6 nitrogen and oxygen atoms in total. The third-order valence-electron chi connectivity index (χ3n) is 2.19. The molecule has 0 aliphatic heterocycles. The normalized spacial score (nSPS) is 10.6. The summed E-state index contributed by atoms with van der Waals surface area (Å²) in [5, 5.41) is 15.5. The van der Waals surface area contributed by atoms with Crippen molar-refractivity contribution in [3.05, 3.63) is 10.5 Å². The summed E-state index contributed by atoms with van der Waals surface area (Å²) in [7, 11) is 0. The molecule has 17 heavy (non-hydrogen) atoms. The number of nitrogens with one attached hydrogen (secondary N) is 1. The fourth-order valence-corrected chi connectivity index (χ4v) is 2.35. The predicted octanol–water partition coefficient (Wildman–Crippen LogP) is 1.33. The van der Waals surface area contributed by atoms with Crippen LogP contribution in [-0.4, -0.2) is 31.6 Å². The molecule has 1 aromatic heterocycles. The summed E-state index contributed by atoms with van der Waals surface area (Å²) in [5.41, 5.74) is -0.181. The lowest BCUT2D eigenvalue weighted by molar-refractivity contribution is -0.137. The number of aromatic amines is 1. The van der Waals surface area contributed by atoms with E-state index < -0.39 is 5.97 Å². The third-order valence-corrected chi connectivity index (χ3v) is 3.25. The van der Waals surface area contributed by atoms with E-state index in [1.54, 1.807) is 4.57 Å². The lowest BCUT2D eigenvalue weighted by Gasteiger charge is -2.02. The number of thioether (sulfide) groups is 1. The highest BCUT2D eigenvalue weighted by Gasteiger charge is 2.07. The summed E-state index contributed by atoms with van der Waals surface area (Å²) in [6.45, 7) is 2.66. The summed E-state index contributed by atoms with van der Waals surface area (Å²) in [6, 6.07) is 0. The number of carboxylic acids is 1. The molecule has 0 saturated heterocycles. The SMILES string of the molecule is CCCn1c(SCCCCC(=O)O)n[nH]c1=O. The Morgan fingerprint density at radius 2 is 2.29 bits per heavy atom. The zero-order valence-corrected chi connectivity index (χ0v) is 10.6. The van der Waals surface area contributed by atoms with Gasteiger partial charge in [-0.3, -0.25) is 9.36 Å². The van der Waals surface area contributed by atoms with Gasteiger partial charge in [-0.1, -0.05) is 18.7 Å². The van der Waals surface area contributed by atoms with Gasteiger partial charge in [0.15, 0.2) is 5.16 Å². The minimum absolute atomic E-state index is 0.181. The van der Waals surface area contributed by atoms with E-state index in [1.165, 1.54) is 11.8 Å². The summed E-state index contributed by atoms with van der Waals surface area (Å²) in [5.74, 6) is 0.0130. The maximum Gasteiger partial charge on any atom is 0.343 e. The number of aromatic nitrogens is 3. The summed E-state index contributed by atoms with van der Waals surface area (Å²) < 4.78 is 1.61. The van der Waals surface area contributed by atoms with Gasteiger partial charge in [-0.2, -0.15) is 0 Å². The number of H-pyrrole nitrogens is 1. The van der Waals surface area contributed by atoms with Crippen molar-refractivity contribution in [1.82, 2.24) is 14.8 Å². The van der Waals surface area contributed by atoms with Crippen LogP contribution in [0, 0.1) is 0 Å². The fourth-order valence-electron chi connectivity index (χ4n) is 1.38. The maximum atomic E-state index is 11.4. The summed E-state index contributed by atoms with van der Waals surface area (Å²) in [6.07, 6.45) is 2.55. The van der Waals surface area contributed by atoms with E-state index in [2.05, 4.69) is 10.2 Å². The van der Waals surface area contributed by atoms with Crippen LogP contribution in [0.5, 0.6) is 0 Å². The molecule has 2 N–H and O–H groups in total. The van der Waals surface area contributed by atoms with Crippen molar-refractivity contribution in [1.29, 1.82) is 0 Å². The van der Waals surface area contributed by atoms with Crippen LogP contribution in [0.3, 0.4) is 0 Å². The molecule has 0 fully saturated rings. The Kier molecular flexibility index (Phi) is 5.82. The molecule has 1 aromatic rings. The second-order valence-electron chi connectivity index (χ2n) is 3.66. The van der Waals surface area contributed by atoms with Gasteiger partial charge in [-0.15, -0.1) is 5.10 Å². The number of aliphatic carboxylic acids is 1. The van der Waals surface area contributed by atoms with Crippen molar-refractivity contribution < 1.29 is 9.90 Å². The molecule has 96 valence electrons. The van der Waals surface area contributed by atoms with Gasteiger partial charge in [0.25, 0.3) is 0 Å². The van der Waals surface area contributed by atoms with E-state index in [0.717, 1.165) is 18.6 Å². The first-order valence-corrected chi connectivity index (χ1v) is 6.63. The molecule has 7 heteroatoms. The molecular formula is C10H17N3O3S.